The van der Waals surface area contributed by atoms with Gasteiger partial charge in [-0.05, 0) is 45.7 Å². The molecular weight excluding hydrogens is 276 g/mol. The van der Waals surface area contributed by atoms with Crippen molar-refractivity contribution in [2.45, 2.75) is 52.2 Å². The van der Waals surface area contributed by atoms with Gasteiger partial charge in [-0.2, -0.15) is 0 Å². The van der Waals surface area contributed by atoms with Crippen molar-refractivity contribution >= 4 is 6.09 Å². The van der Waals surface area contributed by atoms with Gasteiger partial charge in [0, 0.05) is 18.0 Å². The zero-order valence-corrected chi connectivity index (χ0v) is 14.1. The summed E-state index contributed by atoms with van der Waals surface area (Å²) >= 11 is 0. The van der Waals surface area contributed by atoms with Crippen LogP contribution in [0.15, 0.2) is 30.3 Å². The fraction of sp³-hybridized carbons (Fsp3) is 0.611. The number of amides is 1. The summed E-state index contributed by atoms with van der Waals surface area (Å²) < 4.78 is 5.44. The number of ether oxygens (including phenoxy) is 1. The normalized spacial score (nSPS) is 23.1. The minimum Gasteiger partial charge on any atom is -0.444 e. The molecule has 1 fully saturated rings. The molecule has 0 aromatic heterocycles. The first-order valence-electron chi connectivity index (χ1n) is 8.03. The Morgan fingerprint density at radius 3 is 2.59 bits per heavy atom. The van der Waals surface area contributed by atoms with E-state index in [0.29, 0.717) is 0 Å². The molecule has 1 aromatic carbocycles. The van der Waals surface area contributed by atoms with E-state index in [1.807, 2.05) is 39.0 Å². The topological polar surface area (TPSA) is 50.4 Å². The number of carbonyl (C=O) groups is 1. The Bertz CT molecular complexity index is 488. The Morgan fingerprint density at radius 1 is 1.36 bits per heavy atom. The minimum absolute atomic E-state index is 0.0484. The highest BCUT2D eigenvalue weighted by Gasteiger charge is 2.38. The van der Waals surface area contributed by atoms with E-state index in [1.165, 1.54) is 5.56 Å². The van der Waals surface area contributed by atoms with Crippen LogP contribution in [0.2, 0.25) is 0 Å². The lowest BCUT2D eigenvalue weighted by Gasteiger charge is -2.35. The van der Waals surface area contributed by atoms with Crippen LogP contribution < -0.4 is 10.6 Å². The highest BCUT2D eigenvalue weighted by atomic mass is 16.6. The van der Waals surface area contributed by atoms with Crippen molar-refractivity contribution < 1.29 is 9.53 Å². The molecular formula is C18H28N2O2. The van der Waals surface area contributed by atoms with Crippen molar-refractivity contribution in [3.8, 4) is 0 Å². The molecule has 1 aliphatic rings. The van der Waals surface area contributed by atoms with E-state index >= 15 is 0 Å². The van der Waals surface area contributed by atoms with E-state index in [9.17, 15) is 4.79 Å². The fourth-order valence-corrected chi connectivity index (χ4v) is 2.90. The summed E-state index contributed by atoms with van der Waals surface area (Å²) in [5, 5.41) is 6.51. The second-order valence-electron chi connectivity index (χ2n) is 7.47. The fourth-order valence-electron chi connectivity index (χ4n) is 2.90. The lowest BCUT2D eigenvalue weighted by atomic mass is 9.78. The molecule has 1 aromatic rings. The molecule has 2 unspecified atom stereocenters. The number of hydrogen-bond acceptors (Lipinski definition) is 3. The number of nitrogens with one attached hydrogen (secondary N) is 2. The van der Waals surface area contributed by atoms with Gasteiger partial charge in [0.25, 0.3) is 0 Å². The Labute approximate surface area is 133 Å². The maximum Gasteiger partial charge on any atom is 0.407 e. The molecule has 0 saturated carbocycles. The lowest BCUT2D eigenvalue weighted by Crippen LogP contribution is -2.50. The molecule has 1 saturated heterocycles. The number of hydrogen-bond donors (Lipinski definition) is 2. The standard InChI is InChI=1S/C18H28N2O2/c1-17(2,3)22-16(21)20-15(18(4)10-11-19-13-18)12-14-8-6-5-7-9-14/h5-9,15,19H,10-13H2,1-4H3,(H,20,21). The lowest BCUT2D eigenvalue weighted by molar-refractivity contribution is 0.0457. The molecule has 4 nitrogen and oxygen atoms in total. The van der Waals surface area contributed by atoms with Crippen LogP contribution in [0.3, 0.4) is 0 Å². The van der Waals surface area contributed by atoms with Crippen LogP contribution >= 0.6 is 0 Å². The molecule has 2 N–H and O–H groups in total. The predicted molar refractivity (Wildman–Crippen MR) is 88.9 cm³/mol. The molecule has 2 atom stereocenters. The van der Waals surface area contributed by atoms with Gasteiger partial charge in [-0.1, -0.05) is 37.3 Å². The van der Waals surface area contributed by atoms with Gasteiger partial charge in [0.1, 0.15) is 5.60 Å². The Kier molecular flexibility index (Phi) is 5.12. The molecule has 1 aliphatic heterocycles. The largest absolute Gasteiger partial charge is 0.444 e. The number of alkyl carbamates (subject to hydrolysis) is 1. The highest BCUT2D eigenvalue weighted by Crippen LogP contribution is 2.31. The van der Waals surface area contributed by atoms with Crippen LogP contribution in [0.5, 0.6) is 0 Å². The summed E-state index contributed by atoms with van der Waals surface area (Å²) in [5.74, 6) is 0. The van der Waals surface area contributed by atoms with Crippen molar-refractivity contribution in [3.05, 3.63) is 35.9 Å². The second kappa shape index (κ2) is 6.69. The Balaban J connectivity index is 2.10. The monoisotopic (exact) mass is 304 g/mol. The minimum atomic E-state index is -0.476. The average molecular weight is 304 g/mol. The van der Waals surface area contributed by atoms with Crippen LogP contribution in [0.4, 0.5) is 4.79 Å². The van der Waals surface area contributed by atoms with Gasteiger partial charge in [0.15, 0.2) is 0 Å². The van der Waals surface area contributed by atoms with E-state index in [0.717, 1.165) is 25.9 Å². The van der Waals surface area contributed by atoms with Crippen LogP contribution in [0.25, 0.3) is 0 Å². The van der Waals surface area contributed by atoms with Gasteiger partial charge in [0.2, 0.25) is 0 Å². The number of carbonyl (C=O) groups excluding carboxylic acids is 1. The molecule has 0 radical (unpaired) electrons. The smallest absolute Gasteiger partial charge is 0.407 e. The molecule has 1 amide bonds. The molecule has 0 aliphatic carbocycles. The third kappa shape index (κ3) is 4.73. The van der Waals surface area contributed by atoms with Gasteiger partial charge in [0.05, 0.1) is 0 Å². The zero-order valence-electron chi connectivity index (χ0n) is 14.1. The summed E-state index contributed by atoms with van der Waals surface area (Å²) in [4.78, 5) is 12.2. The van der Waals surface area contributed by atoms with Gasteiger partial charge >= 0.3 is 6.09 Å². The van der Waals surface area contributed by atoms with Crippen molar-refractivity contribution in [2.75, 3.05) is 13.1 Å². The highest BCUT2D eigenvalue weighted by molar-refractivity contribution is 5.68. The van der Waals surface area contributed by atoms with Crippen LogP contribution in [0, 0.1) is 5.41 Å². The first kappa shape index (κ1) is 16.8. The summed E-state index contributed by atoms with van der Waals surface area (Å²) in [5.41, 5.74) is 0.805. The van der Waals surface area contributed by atoms with E-state index in [-0.39, 0.29) is 17.6 Å². The van der Waals surface area contributed by atoms with Crippen LogP contribution in [-0.2, 0) is 11.2 Å². The van der Waals surface area contributed by atoms with Crippen molar-refractivity contribution in [3.63, 3.8) is 0 Å². The molecule has 4 heteroatoms. The maximum atomic E-state index is 12.2. The van der Waals surface area contributed by atoms with Crippen molar-refractivity contribution in [1.82, 2.24) is 10.6 Å². The number of rotatable bonds is 4. The third-order valence-electron chi connectivity index (χ3n) is 4.22. The van der Waals surface area contributed by atoms with Gasteiger partial charge in [-0.3, -0.25) is 0 Å². The summed E-state index contributed by atoms with van der Waals surface area (Å²) in [6.07, 6.45) is 1.54. The van der Waals surface area contributed by atoms with Crippen LogP contribution in [-0.4, -0.2) is 30.8 Å². The molecule has 0 bridgehead atoms. The molecule has 0 spiro atoms. The van der Waals surface area contributed by atoms with Gasteiger partial charge < -0.3 is 15.4 Å². The van der Waals surface area contributed by atoms with Gasteiger partial charge in [-0.15, -0.1) is 0 Å². The quantitative estimate of drug-likeness (QED) is 0.898. The molecule has 122 valence electrons. The first-order chi connectivity index (χ1) is 10.3. The van der Waals surface area contributed by atoms with E-state index in [4.69, 9.17) is 4.74 Å². The molecule has 2 rings (SSSR count). The summed E-state index contributed by atoms with van der Waals surface area (Å²) in [6.45, 7) is 9.81. The summed E-state index contributed by atoms with van der Waals surface area (Å²) in [6, 6.07) is 10.4. The SMILES string of the molecule is CC(C)(C)OC(=O)NC(Cc1ccccc1)C1(C)CCNC1. The Morgan fingerprint density at radius 2 is 2.05 bits per heavy atom. The van der Waals surface area contributed by atoms with E-state index in [2.05, 4.69) is 29.7 Å². The third-order valence-corrected chi connectivity index (χ3v) is 4.22. The first-order valence-corrected chi connectivity index (χ1v) is 8.03. The summed E-state index contributed by atoms with van der Waals surface area (Å²) in [7, 11) is 0. The van der Waals surface area contributed by atoms with Crippen molar-refractivity contribution in [1.29, 1.82) is 0 Å². The number of benzene rings is 1. The van der Waals surface area contributed by atoms with E-state index in [1.54, 1.807) is 0 Å². The van der Waals surface area contributed by atoms with Crippen molar-refractivity contribution in [2.24, 2.45) is 5.41 Å². The van der Waals surface area contributed by atoms with Crippen LogP contribution in [0.1, 0.15) is 39.7 Å². The maximum absolute atomic E-state index is 12.2. The van der Waals surface area contributed by atoms with Gasteiger partial charge in [-0.25, -0.2) is 4.79 Å². The molecule has 22 heavy (non-hydrogen) atoms. The Hall–Kier alpha value is -1.55. The average Bonchev–Trinajstić information content (AvgIpc) is 2.85. The zero-order chi connectivity index (χ0) is 16.2. The second-order valence-corrected chi connectivity index (χ2v) is 7.47. The van der Waals surface area contributed by atoms with E-state index < -0.39 is 5.60 Å². The molecule has 1 heterocycles. The predicted octanol–water partition coefficient (Wildman–Crippen LogP) is 3.12.